The summed E-state index contributed by atoms with van der Waals surface area (Å²) < 4.78 is 29.5. The first kappa shape index (κ1) is 10.7. The molecule has 74 valence electrons. The molecule has 0 N–H and O–H groups in total. The van der Waals surface area contributed by atoms with E-state index in [4.69, 9.17) is 16.9 Å². The summed E-state index contributed by atoms with van der Waals surface area (Å²) in [5, 5.41) is 8.33. The highest BCUT2D eigenvalue weighted by Crippen LogP contribution is 2.31. The fraction of sp³-hybridized carbons (Fsp3) is 0.250. The quantitative estimate of drug-likeness (QED) is 0.766. The van der Waals surface area contributed by atoms with E-state index in [1.807, 2.05) is 0 Å². The third-order valence-corrected chi connectivity index (χ3v) is 1.83. The lowest BCUT2D eigenvalue weighted by Gasteiger charge is -2.06. The fourth-order valence-electron chi connectivity index (χ4n) is 0.899. The molecule has 3 nitrogen and oxygen atoms in total. The smallest absolute Gasteiger partial charge is 0.268 e. The van der Waals surface area contributed by atoms with Gasteiger partial charge in [-0.2, -0.15) is 5.26 Å². The van der Waals surface area contributed by atoms with Crippen molar-refractivity contribution in [2.75, 3.05) is 7.11 Å². The lowest BCUT2D eigenvalue weighted by Crippen LogP contribution is -1.98. The Morgan fingerprint density at radius 2 is 2.29 bits per heavy atom. The molecule has 0 amide bonds. The van der Waals surface area contributed by atoms with Crippen LogP contribution in [0.25, 0.3) is 0 Å². The Balaban J connectivity index is 3.37. The van der Waals surface area contributed by atoms with Crippen molar-refractivity contribution in [2.24, 2.45) is 0 Å². The van der Waals surface area contributed by atoms with Gasteiger partial charge in [-0.1, -0.05) is 11.6 Å². The molecular weight excluding hydrogens is 214 g/mol. The molecule has 1 aromatic rings. The Labute approximate surface area is 83.9 Å². The predicted octanol–water partition coefficient (Wildman–Crippen LogP) is 2.55. The van der Waals surface area contributed by atoms with E-state index in [2.05, 4.69) is 9.72 Å². The van der Waals surface area contributed by atoms with Crippen molar-refractivity contribution in [1.82, 2.24) is 4.98 Å². The van der Waals surface area contributed by atoms with Crippen molar-refractivity contribution in [2.45, 2.75) is 6.43 Å². The van der Waals surface area contributed by atoms with E-state index in [1.165, 1.54) is 13.2 Å². The van der Waals surface area contributed by atoms with Gasteiger partial charge in [0, 0.05) is 6.07 Å². The number of pyridine rings is 1. The summed E-state index contributed by atoms with van der Waals surface area (Å²) in [4.78, 5) is 3.54. The number of hydrogen-bond donors (Lipinski definition) is 0. The van der Waals surface area contributed by atoms with Gasteiger partial charge >= 0.3 is 0 Å². The Morgan fingerprint density at radius 1 is 1.64 bits per heavy atom. The molecule has 14 heavy (non-hydrogen) atoms. The van der Waals surface area contributed by atoms with E-state index in [0.29, 0.717) is 0 Å². The molecule has 1 rings (SSSR count). The molecule has 0 saturated carbocycles. The fourth-order valence-corrected chi connectivity index (χ4v) is 1.16. The maximum Gasteiger partial charge on any atom is 0.268 e. The number of ether oxygens (including phenoxy) is 1. The average molecular weight is 219 g/mol. The molecule has 6 heteroatoms. The second-order valence-corrected chi connectivity index (χ2v) is 2.73. The Morgan fingerprint density at radius 3 is 2.71 bits per heavy atom. The molecule has 0 fully saturated rings. The molecular formula is C8H5ClF2N2O. The first-order chi connectivity index (χ1) is 6.60. The van der Waals surface area contributed by atoms with E-state index >= 15 is 0 Å². The SMILES string of the molecule is COc1cc(Cl)c(C(F)F)c(C#N)n1. The van der Waals surface area contributed by atoms with Gasteiger partial charge in [-0.05, 0) is 0 Å². The maximum absolute atomic E-state index is 12.4. The van der Waals surface area contributed by atoms with Crippen LogP contribution in [-0.4, -0.2) is 12.1 Å². The second-order valence-electron chi connectivity index (χ2n) is 2.32. The van der Waals surface area contributed by atoms with Gasteiger partial charge < -0.3 is 4.74 Å². The number of nitrogens with zero attached hydrogens (tertiary/aromatic N) is 2. The molecule has 0 atom stereocenters. The van der Waals surface area contributed by atoms with E-state index in [1.54, 1.807) is 0 Å². The number of alkyl halides is 2. The van der Waals surface area contributed by atoms with E-state index in [0.717, 1.165) is 6.07 Å². The Hall–Kier alpha value is -1.41. The minimum Gasteiger partial charge on any atom is -0.481 e. The molecule has 0 bridgehead atoms. The van der Waals surface area contributed by atoms with Gasteiger partial charge in [-0.15, -0.1) is 0 Å². The van der Waals surface area contributed by atoms with E-state index in [-0.39, 0.29) is 10.9 Å². The molecule has 0 saturated heterocycles. The van der Waals surface area contributed by atoms with Crippen molar-refractivity contribution >= 4 is 11.6 Å². The summed E-state index contributed by atoms with van der Waals surface area (Å²) in [5.74, 6) is 0.0379. The summed E-state index contributed by atoms with van der Waals surface area (Å²) in [6.45, 7) is 0. The number of methoxy groups -OCH3 is 1. The third-order valence-electron chi connectivity index (χ3n) is 1.52. The van der Waals surface area contributed by atoms with Crippen molar-refractivity contribution in [1.29, 1.82) is 5.26 Å². The Kier molecular flexibility index (Phi) is 3.20. The van der Waals surface area contributed by atoms with E-state index in [9.17, 15) is 8.78 Å². The number of nitriles is 1. The van der Waals surface area contributed by atoms with Crippen LogP contribution in [0, 0.1) is 11.3 Å². The van der Waals surface area contributed by atoms with Crippen LogP contribution < -0.4 is 4.74 Å². The van der Waals surface area contributed by atoms with Crippen LogP contribution in [0.15, 0.2) is 6.07 Å². The molecule has 0 aliphatic carbocycles. The highest BCUT2D eigenvalue weighted by molar-refractivity contribution is 6.31. The molecule has 0 aliphatic rings. The van der Waals surface area contributed by atoms with E-state index < -0.39 is 17.7 Å². The normalized spacial score (nSPS) is 10.0. The van der Waals surface area contributed by atoms with Crippen molar-refractivity contribution in [3.05, 3.63) is 22.3 Å². The minimum absolute atomic E-state index is 0.0379. The largest absolute Gasteiger partial charge is 0.481 e. The molecule has 0 aliphatic heterocycles. The van der Waals surface area contributed by atoms with Gasteiger partial charge in [0.15, 0.2) is 5.69 Å². The second kappa shape index (κ2) is 4.20. The molecule has 0 aromatic carbocycles. The van der Waals surface area contributed by atoms with Gasteiger partial charge in [0.25, 0.3) is 6.43 Å². The van der Waals surface area contributed by atoms with Crippen LogP contribution in [0.2, 0.25) is 5.02 Å². The van der Waals surface area contributed by atoms with Crippen LogP contribution in [-0.2, 0) is 0 Å². The van der Waals surface area contributed by atoms with Crippen molar-refractivity contribution in [3.63, 3.8) is 0 Å². The van der Waals surface area contributed by atoms with Gasteiger partial charge in [0.1, 0.15) is 6.07 Å². The minimum atomic E-state index is -2.82. The van der Waals surface area contributed by atoms with Crippen LogP contribution >= 0.6 is 11.6 Å². The van der Waals surface area contributed by atoms with Gasteiger partial charge in [-0.25, -0.2) is 13.8 Å². The first-order valence-electron chi connectivity index (χ1n) is 3.52. The number of halogens is 3. The zero-order chi connectivity index (χ0) is 10.7. The third kappa shape index (κ3) is 1.91. The number of rotatable bonds is 2. The summed E-state index contributed by atoms with van der Waals surface area (Å²) in [7, 11) is 1.31. The topological polar surface area (TPSA) is 45.9 Å². The standard InChI is InChI=1S/C8H5ClF2N2O/c1-14-6-2-4(9)7(8(10)11)5(3-12)13-6/h2,8H,1H3. The molecule has 0 unspecified atom stereocenters. The highest BCUT2D eigenvalue weighted by Gasteiger charge is 2.19. The summed E-state index contributed by atoms with van der Waals surface area (Å²) in [6, 6.07) is 2.68. The zero-order valence-corrected chi connectivity index (χ0v) is 7.85. The molecule has 0 spiro atoms. The van der Waals surface area contributed by atoms with Crippen molar-refractivity contribution < 1.29 is 13.5 Å². The van der Waals surface area contributed by atoms with Crippen LogP contribution in [0.5, 0.6) is 5.88 Å². The molecule has 0 radical (unpaired) electrons. The lowest BCUT2D eigenvalue weighted by atomic mass is 10.2. The van der Waals surface area contributed by atoms with Gasteiger partial charge in [0.05, 0.1) is 17.7 Å². The summed E-state index contributed by atoms with van der Waals surface area (Å²) in [5.41, 5.74) is -0.973. The number of aromatic nitrogens is 1. The van der Waals surface area contributed by atoms with Crippen LogP contribution in [0.1, 0.15) is 17.7 Å². The number of hydrogen-bond acceptors (Lipinski definition) is 3. The molecule has 1 heterocycles. The van der Waals surface area contributed by atoms with Crippen LogP contribution in [0.3, 0.4) is 0 Å². The van der Waals surface area contributed by atoms with Gasteiger partial charge in [-0.3, -0.25) is 0 Å². The first-order valence-corrected chi connectivity index (χ1v) is 3.90. The monoisotopic (exact) mass is 218 g/mol. The van der Waals surface area contributed by atoms with Crippen molar-refractivity contribution in [3.8, 4) is 11.9 Å². The zero-order valence-electron chi connectivity index (χ0n) is 7.09. The summed E-state index contributed by atoms with van der Waals surface area (Å²) >= 11 is 5.54. The maximum atomic E-state index is 12.4. The van der Waals surface area contributed by atoms with Crippen LogP contribution in [0.4, 0.5) is 8.78 Å². The highest BCUT2D eigenvalue weighted by atomic mass is 35.5. The average Bonchev–Trinajstić information content (AvgIpc) is 2.15. The summed E-state index contributed by atoms with van der Waals surface area (Å²) in [6.07, 6.45) is -2.82. The Bertz CT molecular complexity index is 390. The van der Waals surface area contributed by atoms with Gasteiger partial charge in [0.2, 0.25) is 5.88 Å². The lowest BCUT2D eigenvalue weighted by molar-refractivity contribution is 0.150. The molecule has 1 aromatic heterocycles. The predicted molar refractivity (Wildman–Crippen MR) is 45.5 cm³/mol.